The summed E-state index contributed by atoms with van der Waals surface area (Å²) < 4.78 is 0. The number of aromatic nitrogens is 1. The SMILES string of the molecule is CCC(CC)CC(=O)Nc1c(C)[nH]c2ccccc12. The number of amides is 1. The largest absolute Gasteiger partial charge is 0.357 e. The highest BCUT2D eigenvalue weighted by molar-refractivity contribution is 6.03. The maximum absolute atomic E-state index is 12.1. The predicted octanol–water partition coefficient (Wildman–Crippen LogP) is 4.24. The van der Waals surface area contributed by atoms with Crippen LogP contribution in [-0.4, -0.2) is 10.9 Å². The molecule has 3 nitrogen and oxygen atoms in total. The van der Waals surface area contributed by atoms with Crippen LogP contribution < -0.4 is 5.32 Å². The third kappa shape index (κ3) is 2.98. The van der Waals surface area contributed by atoms with Crippen LogP contribution in [0.3, 0.4) is 0 Å². The summed E-state index contributed by atoms with van der Waals surface area (Å²) in [5.74, 6) is 0.590. The Balaban J connectivity index is 2.17. The van der Waals surface area contributed by atoms with E-state index in [1.165, 1.54) is 0 Å². The number of carbonyl (C=O) groups is 1. The van der Waals surface area contributed by atoms with Crippen LogP contribution in [-0.2, 0) is 4.79 Å². The summed E-state index contributed by atoms with van der Waals surface area (Å²) in [5.41, 5.74) is 3.00. The average molecular weight is 258 g/mol. The molecule has 19 heavy (non-hydrogen) atoms. The lowest BCUT2D eigenvalue weighted by Gasteiger charge is -2.12. The summed E-state index contributed by atoms with van der Waals surface area (Å²) in [7, 11) is 0. The molecule has 1 amide bonds. The van der Waals surface area contributed by atoms with Crippen LogP contribution in [0.2, 0.25) is 0 Å². The molecular weight excluding hydrogens is 236 g/mol. The minimum Gasteiger partial charge on any atom is -0.357 e. The van der Waals surface area contributed by atoms with E-state index in [0.29, 0.717) is 12.3 Å². The molecule has 0 bridgehead atoms. The lowest BCUT2D eigenvalue weighted by molar-refractivity contribution is -0.117. The van der Waals surface area contributed by atoms with Gasteiger partial charge < -0.3 is 10.3 Å². The minimum absolute atomic E-state index is 0.113. The van der Waals surface area contributed by atoms with Gasteiger partial charge in [0.25, 0.3) is 0 Å². The fraction of sp³-hybridized carbons (Fsp3) is 0.438. The summed E-state index contributed by atoms with van der Waals surface area (Å²) in [6.45, 7) is 6.27. The molecular formula is C16H22N2O. The summed E-state index contributed by atoms with van der Waals surface area (Å²) in [5, 5.41) is 4.14. The highest BCUT2D eigenvalue weighted by Gasteiger charge is 2.14. The minimum atomic E-state index is 0.113. The van der Waals surface area contributed by atoms with Crippen molar-refractivity contribution in [1.82, 2.24) is 4.98 Å². The monoisotopic (exact) mass is 258 g/mol. The molecule has 0 radical (unpaired) electrons. The van der Waals surface area contributed by atoms with Crippen LogP contribution in [0.25, 0.3) is 10.9 Å². The first-order valence-electron chi connectivity index (χ1n) is 7.02. The van der Waals surface area contributed by atoms with Gasteiger partial charge in [-0.05, 0) is 18.9 Å². The standard InChI is InChI=1S/C16H22N2O/c1-4-12(5-2)10-15(19)18-16-11(3)17-14-9-7-6-8-13(14)16/h6-9,12,17H,4-5,10H2,1-3H3,(H,18,19). The number of aryl methyl sites for hydroxylation is 1. The van der Waals surface area contributed by atoms with Crippen molar-refractivity contribution in [3.05, 3.63) is 30.0 Å². The number of para-hydroxylation sites is 1. The molecule has 0 aliphatic carbocycles. The molecule has 0 aliphatic rings. The molecule has 0 spiro atoms. The van der Waals surface area contributed by atoms with Crippen molar-refractivity contribution in [2.45, 2.75) is 40.0 Å². The van der Waals surface area contributed by atoms with Gasteiger partial charge in [-0.3, -0.25) is 4.79 Å². The zero-order valence-electron chi connectivity index (χ0n) is 11.9. The molecule has 0 unspecified atom stereocenters. The Bertz CT molecular complexity index is 567. The Morgan fingerprint density at radius 2 is 1.95 bits per heavy atom. The molecule has 0 saturated carbocycles. The molecule has 0 atom stereocenters. The second-order valence-corrected chi connectivity index (χ2v) is 5.11. The molecule has 2 rings (SSSR count). The van der Waals surface area contributed by atoms with Crippen molar-refractivity contribution in [3.63, 3.8) is 0 Å². The van der Waals surface area contributed by atoms with Crippen LogP contribution in [0.5, 0.6) is 0 Å². The lowest BCUT2D eigenvalue weighted by Crippen LogP contribution is -2.16. The first-order valence-corrected chi connectivity index (χ1v) is 7.02. The maximum atomic E-state index is 12.1. The van der Waals surface area contributed by atoms with E-state index in [2.05, 4.69) is 24.1 Å². The number of H-pyrrole nitrogens is 1. The number of hydrogen-bond acceptors (Lipinski definition) is 1. The van der Waals surface area contributed by atoms with Gasteiger partial charge in [-0.15, -0.1) is 0 Å². The van der Waals surface area contributed by atoms with Crippen molar-refractivity contribution in [2.75, 3.05) is 5.32 Å². The van der Waals surface area contributed by atoms with E-state index in [1.54, 1.807) is 0 Å². The van der Waals surface area contributed by atoms with Gasteiger partial charge >= 0.3 is 0 Å². The van der Waals surface area contributed by atoms with Crippen molar-refractivity contribution in [3.8, 4) is 0 Å². The first-order chi connectivity index (χ1) is 9.15. The zero-order chi connectivity index (χ0) is 13.8. The van der Waals surface area contributed by atoms with E-state index in [-0.39, 0.29) is 5.91 Å². The van der Waals surface area contributed by atoms with Gasteiger partial charge in [-0.2, -0.15) is 0 Å². The highest BCUT2D eigenvalue weighted by atomic mass is 16.1. The Morgan fingerprint density at radius 1 is 1.26 bits per heavy atom. The predicted molar refractivity (Wildman–Crippen MR) is 80.4 cm³/mol. The summed E-state index contributed by atoms with van der Waals surface area (Å²) >= 11 is 0. The fourth-order valence-electron chi connectivity index (χ4n) is 2.47. The topological polar surface area (TPSA) is 44.9 Å². The van der Waals surface area contributed by atoms with Gasteiger partial charge in [0.2, 0.25) is 5.91 Å². The molecule has 0 saturated heterocycles. The number of carbonyl (C=O) groups excluding carboxylic acids is 1. The highest BCUT2D eigenvalue weighted by Crippen LogP contribution is 2.27. The van der Waals surface area contributed by atoms with Crippen LogP contribution in [0.4, 0.5) is 5.69 Å². The number of anilines is 1. The first kappa shape index (κ1) is 13.7. The number of nitrogens with one attached hydrogen (secondary N) is 2. The average Bonchev–Trinajstić information content (AvgIpc) is 2.72. The Hall–Kier alpha value is -1.77. The van der Waals surface area contributed by atoms with Crippen molar-refractivity contribution in [1.29, 1.82) is 0 Å². The van der Waals surface area contributed by atoms with E-state index in [0.717, 1.165) is 35.1 Å². The summed E-state index contributed by atoms with van der Waals surface area (Å²) in [6, 6.07) is 8.05. The third-order valence-electron chi connectivity index (χ3n) is 3.79. The summed E-state index contributed by atoms with van der Waals surface area (Å²) in [6.07, 6.45) is 2.71. The quantitative estimate of drug-likeness (QED) is 0.827. The van der Waals surface area contributed by atoms with Crippen LogP contribution in [0.15, 0.2) is 24.3 Å². The third-order valence-corrected chi connectivity index (χ3v) is 3.79. The number of benzene rings is 1. The molecule has 1 heterocycles. The number of hydrogen-bond donors (Lipinski definition) is 2. The van der Waals surface area contributed by atoms with Gasteiger partial charge in [0.05, 0.1) is 5.69 Å². The van der Waals surface area contributed by atoms with Crippen LogP contribution in [0, 0.1) is 12.8 Å². The van der Waals surface area contributed by atoms with Gasteiger partial charge in [0.15, 0.2) is 0 Å². The Labute approximate surface area is 114 Å². The molecule has 1 aromatic carbocycles. The van der Waals surface area contributed by atoms with E-state index in [4.69, 9.17) is 0 Å². The number of fused-ring (bicyclic) bond motifs is 1. The van der Waals surface area contributed by atoms with E-state index in [9.17, 15) is 4.79 Å². The molecule has 2 aromatic rings. The second-order valence-electron chi connectivity index (χ2n) is 5.11. The van der Waals surface area contributed by atoms with Crippen molar-refractivity contribution < 1.29 is 4.79 Å². The van der Waals surface area contributed by atoms with Gasteiger partial charge in [0, 0.05) is 23.0 Å². The Kier molecular flexibility index (Phi) is 4.25. The van der Waals surface area contributed by atoms with E-state index >= 15 is 0 Å². The van der Waals surface area contributed by atoms with Crippen molar-refractivity contribution >= 4 is 22.5 Å². The lowest BCUT2D eigenvalue weighted by atomic mass is 9.99. The van der Waals surface area contributed by atoms with Gasteiger partial charge in [0.1, 0.15) is 0 Å². The molecule has 1 aromatic heterocycles. The molecule has 0 aliphatic heterocycles. The summed E-state index contributed by atoms with van der Waals surface area (Å²) in [4.78, 5) is 15.4. The molecule has 2 N–H and O–H groups in total. The number of aromatic amines is 1. The van der Waals surface area contributed by atoms with Crippen LogP contribution in [0.1, 0.15) is 38.8 Å². The normalized spacial score (nSPS) is 11.2. The smallest absolute Gasteiger partial charge is 0.224 e. The molecule has 3 heteroatoms. The van der Waals surface area contributed by atoms with Gasteiger partial charge in [-0.25, -0.2) is 0 Å². The van der Waals surface area contributed by atoms with Crippen molar-refractivity contribution in [2.24, 2.45) is 5.92 Å². The maximum Gasteiger partial charge on any atom is 0.224 e. The van der Waals surface area contributed by atoms with E-state index in [1.807, 2.05) is 31.2 Å². The van der Waals surface area contributed by atoms with Crippen LogP contribution >= 0.6 is 0 Å². The van der Waals surface area contributed by atoms with E-state index < -0.39 is 0 Å². The molecule has 0 fully saturated rings. The van der Waals surface area contributed by atoms with Gasteiger partial charge in [-0.1, -0.05) is 44.9 Å². The Morgan fingerprint density at radius 3 is 2.63 bits per heavy atom. The second kappa shape index (κ2) is 5.91. The zero-order valence-corrected chi connectivity index (χ0v) is 11.9. The fourth-order valence-corrected chi connectivity index (χ4v) is 2.47. The molecule has 102 valence electrons. The number of rotatable bonds is 5.